The smallest absolute Gasteiger partial charge is 0.254 e. The van der Waals surface area contributed by atoms with Gasteiger partial charge in [-0.25, -0.2) is 9.67 Å². The molecule has 1 aliphatic rings. The first-order chi connectivity index (χ1) is 13.3. The van der Waals surface area contributed by atoms with Gasteiger partial charge in [0.25, 0.3) is 5.91 Å². The number of hydrogen-bond acceptors (Lipinski definition) is 5. The zero-order valence-electron chi connectivity index (χ0n) is 17.2. The maximum Gasteiger partial charge on any atom is 0.254 e. The third-order valence-corrected chi connectivity index (χ3v) is 5.39. The number of carbonyl (C=O) groups excluding carboxylic acids is 1. The number of likely N-dealkylation sites (N-methyl/N-ethyl adjacent to an activating group) is 1. The van der Waals surface area contributed by atoms with Crippen LogP contribution in [0.5, 0.6) is 0 Å². The summed E-state index contributed by atoms with van der Waals surface area (Å²) in [7, 11) is 2.08. The molecular formula is C21H27N5O2. The van der Waals surface area contributed by atoms with Gasteiger partial charge in [-0.1, -0.05) is 0 Å². The molecular weight excluding hydrogens is 354 g/mol. The molecule has 0 unspecified atom stereocenters. The molecule has 0 spiro atoms. The lowest BCUT2D eigenvalue weighted by Gasteiger charge is -2.32. The summed E-state index contributed by atoms with van der Waals surface area (Å²) >= 11 is 0. The van der Waals surface area contributed by atoms with E-state index < -0.39 is 0 Å². The molecule has 7 nitrogen and oxygen atoms in total. The van der Waals surface area contributed by atoms with Gasteiger partial charge in [0.15, 0.2) is 5.65 Å². The van der Waals surface area contributed by atoms with E-state index >= 15 is 0 Å². The number of amides is 1. The van der Waals surface area contributed by atoms with Crippen LogP contribution in [0.4, 0.5) is 0 Å². The van der Waals surface area contributed by atoms with Crippen LogP contribution in [0.3, 0.4) is 0 Å². The second-order valence-corrected chi connectivity index (χ2v) is 7.90. The Labute approximate surface area is 164 Å². The molecule has 1 saturated heterocycles. The molecule has 1 aliphatic heterocycles. The number of fused-ring (bicyclic) bond motifs is 1. The number of rotatable bonds is 3. The molecule has 0 aliphatic carbocycles. The normalized spacial score (nSPS) is 15.7. The number of piperazine rings is 1. The fraction of sp³-hybridized carbons (Fsp3) is 0.476. The Morgan fingerprint density at radius 3 is 2.46 bits per heavy atom. The van der Waals surface area contributed by atoms with Gasteiger partial charge in [-0.15, -0.1) is 0 Å². The maximum atomic E-state index is 13.4. The Balaban J connectivity index is 1.87. The summed E-state index contributed by atoms with van der Waals surface area (Å²) in [5, 5.41) is 5.31. The van der Waals surface area contributed by atoms with Crippen LogP contribution in [0.15, 0.2) is 22.7 Å². The lowest BCUT2D eigenvalue weighted by Crippen LogP contribution is -2.47. The molecule has 7 heteroatoms. The fourth-order valence-corrected chi connectivity index (χ4v) is 3.78. The van der Waals surface area contributed by atoms with E-state index in [0.717, 1.165) is 60.0 Å². The minimum atomic E-state index is 0.0444. The molecule has 0 radical (unpaired) electrons. The van der Waals surface area contributed by atoms with Gasteiger partial charge in [-0.3, -0.25) is 4.79 Å². The molecule has 3 aromatic rings. The predicted molar refractivity (Wildman–Crippen MR) is 108 cm³/mol. The van der Waals surface area contributed by atoms with Gasteiger partial charge < -0.3 is 14.2 Å². The SMILES string of the molecule is Cc1cc(-c2cc(C(=O)N3CCN(C)CC3)c3cnn(C(C)C)c3n2)c(C)o1. The molecule has 0 bridgehead atoms. The topological polar surface area (TPSA) is 67.4 Å². The first kappa shape index (κ1) is 18.7. The lowest BCUT2D eigenvalue weighted by atomic mass is 10.1. The molecule has 3 aromatic heterocycles. The minimum absolute atomic E-state index is 0.0444. The van der Waals surface area contributed by atoms with Crippen molar-refractivity contribution in [3.05, 3.63) is 35.4 Å². The standard InChI is InChI=1S/C21H27N5O2/c1-13(2)26-20-18(12-22-26)17(21(27)25-8-6-24(5)7-9-25)11-19(23-20)16-10-14(3)28-15(16)4/h10-13H,6-9H2,1-5H3. The van der Waals surface area contributed by atoms with E-state index in [1.165, 1.54) is 0 Å². The van der Waals surface area contributed by atoms with Gasteiger partial charge in [0.1, 0.15) is 11.5 Å². The van der Waals surface area contributed by atoms with Crippen LogP contribution < -0.4 is 0 Å². The van der Waals surface area contributed by atoms with Crippen LogP contribution in [0.2, 0.25) is 0 Å². The van der Waals surface area contributed by atoms with Crippen molar-refractivity contribution in [3.8, 4) is 11.3 Å². The Bertz CT molecular complexity index is 1030. The van der Waals surface area contributed by atoms with Gasteiger partial charge in [-0.2, -0.15) is 5.10 Å². The van der Waals surface area contributed by atoms with E-state index in [-0.39, 0.29) is 11.9 Å². The van der Waals surface area contributed by atoms with Crippen molar-refractivity contribution in [2.45, 2.75) is 33.7 Å². The lowest BCUT2D eigenvalue weighted by molar-refractivity contribution is 0.0666. The summed E-state index contributed by atoms with van der Waals surface area (Å²) < 4.78 is 7.58. The average Bonchev–Trinajstić information content (AvgIpc) is 3.23. The van der Waals surface area contributed by atoms with E-state index in [0.29, 0.717) is 5.56 Å². The molecule has 0 saturated carbocycles. The van der Waals surface area contributed by atoms with Crippen LogP contribution in [0, 0.1) is 13.8 Å². The second kappa shape index (κ2) is 7.05. The molecule has 0 atom stereocenters. The Morgan fingerprint density at radius 1 is 1.14 bits per heavy atom. The highest BCUT2D eigenvalue weighted by Gasteiger charge is 2.25. The molecule has 1 fully saturated rings. The van der Waals surface area contributed by atoms with Crippen LogP contribution in [0.25, 0.3) is 22.3 Å². The van der Waals surface area contributed by atoms with Crippen molar-refractivity contribution < 1.29 is 9.21 Å². The van der Waals surface area contributed by atoms with Crippen molar-refractivity contribution in [3.63, 3.8) is 0 Å². The van der Waals surface area contributed by atoms with Crippen molar-refractivity contribution >= 4 is 16.9 Å². The number of hydrogen-bond donors (Lipinski definition) is 0. The van der Waals surface area contributed by atoms with Gasteiger partial charge in [0, 0.05) is 37.8 Å². The largest absolute Gasteiger partial charge is 0.466 e. The highest BCUT2D eigenvalue weighted by Crippen LogP contribution is 2.30. The van der Waals surface area contributed by atoms with Crippen molar-refractivity contribution in [2.24, 2.45) is 0 Å². The number of nitrogens with zero attached hydrogens (tertiary/aromatic N) is 5. The summed E-state index contributed by atoms with van der Waals surface area (Å²) in [6.45, 7) is 11.2. The first-order valence-electron chi connectivity index (χ1n) is 9.78. The summed E-state index contributed by atoms with van der Waals surface area (Å²) in [5.41, 5.74) is 3.07. The highest BCUT2D eigenvalue weighted by molar-refractivity contribution is 6.06. The second-order valence-electron chi connectivity index (χ2n) is 7.90. The third kappa shape index (κ3) is 3.20. The molecule has 4 heterocycles. The molecule has 0 aromatic carbocycles. The molecule has 0 N–H and O–H groups in total. The van der Waals surface area contributed by atoms with Crippen LogP contribution in [-0.4, -0.2) is 63.7 Å². The van der Waals surface area contributed by atoms with Crippen molar-refractivity contribution in [1.29, 1.82) is 0 Å². The van der Waals surface area contributed by atoms with E-state index in [4.69, 9.17) is 9.40 Å². The summed E-state index contributed by atoms with van der Waals surface area (Å²) in [6.07, 6.45) is 1.77. The summed E-state index contributed by atoms with van der Waals surface area (Å²) in [4.78, 5) is 22.4. The van der Waals surface area contributed by atoms with Gasteiger partial charge in [0.05, 0.1) is 22.8 Å². The van der Waals surface area contributed by atoms with Crippen LogP contribution in [0.1, 0.15) is 41.8 Å². The molecule has 28 heavy (non-hydrogen) atoms. The van der Waals surface area contributed by atoms with Gasteiger partial charge in [-0.05, 0) is 46.9 Å². The summed E-state index contributed by atoms with van der Waals surface area (Å²) in [6, 6.07) is 4.02. The number of carbonyl (C=O) groups is 1. The predicted octanol–water partition coefficient (Wildman–Crippen LogP) is 3.28. The fourth-order valence-electron chi connectivity index (χ4n) is 3.78. The number of furan rings is 1. The Morgan fingerprint density at radius 2 is 1.86 bits per heavy atom. The summed E-state index contributed by atoms with van der Waals surface area (Å²) in [5.74, 6) is 1.68. The van der Waals surface area contributed by atoms with E-state index in [1.807, 2.05) is 35.6 Å². The van der Waals surface area contributed by atoms with Crippen molar-refractivity contribution in [2.75, 3.05) is 33.2 Å². The zero-order valence-corrected chi connectivity index (χ0v) is 17.2. The molecule has 148 valence electrons. The van der Waals surface area contributed by atoms with Gasteiger partial charge >= 0.3 is 0 Å². The monoisotopic (exact) mass is 381 g/mol. The first-order valence-corrected chi connectivity index (χ1v) is 9.78. The van der Waals surface area contributed by atoms with Gasteiger partial charge in [0.2, 0.25) is 0 Å². The Hall–Kier alpha value is -2.67. The van der Waals surface area contributed by atoms with E-state index in [2.05, 4.69) is 30.9 Å². The number of aryl methyl sites for hydroxylation is 2. The maximum absolute atomic E-state index is 13.4. The van der Waals surface area contributed by atoms with Crippen molar-refractivity contribution in [1.82, 2.24) is 24.6 Å². The van der Waals surface area contributed by atoms with Crippen LogP contribution in [-0.2, 0) is 0 Å². The highest BCUT2D eigenvalue weighted by atomic mass is 16.3. The minimum Gasteiger partial charge on any atom is -0.466 e. The van der Waals surface area contributed by atoms with E-state index in [9.17, 15) is 4.79 Å². The average molecular weight is 381 g/mol. The van der Waals surface area contributed by atoms with E-state index in [1.54, 1.807) is 6.20 Å². The third-order valence-electron chi connectivity index (χ3n) is 5.39. The zero-order chi connectivity index (χ0) is 20.0. The molecule has 4 rings (SSSR count). The number of pyridine rings is 1. The quantitative estimate of drug-likeness (QED) is 0.696. The number of aromatic nitrogens is 3. The molecule has 1 amide bonds. The Kier molecular flexibility index (Phi) is 4.71. The van der Waals surface area contributed by atoms with Crippen LogP contribution >= 0.6 is 0 Å².